The van der Waals surface area contributed by atoms with E-state index in [4.69, 9.17) is 14.2 Å². The van der Waals surface area contributed by atoms with Gasteiger partial charge in [-0.15, -0.1) is 0 Å². The lowest BCUT2D eigenvalue weighted by atomic mass is 9.96. The van der Waals surface area contributed by atoms with E-state index in [0.29, 0.717) is 13.2 Å². The van der Waals surface area contributed by atoms with Gasteiger partial charge in [0.1, 0.15) is 6.79 Å². The number of methoxy groups -OCH3 is 1. The summed E-state index contributed by atoms with van der Waals surface area (Å²) in [6.45, 7) is 5.51. The van der Waals surface area contributed by atoms with Crippen LogP contribution >= 0.6 is 0 Å². The minimum atomic E-state index is 0.0376. The second-order valence-corrected chi connectivity index (χ2v) is 11.0. The lowest BCUT2D eigenvalue weighted by Crippen LogP contribution is -2.44. The third kappa shape index (κ3) is 15.9. The zero-order valence-electron chi connectivity index (χ0n) is 25.5. The minimum absolute atomic E-state index is 0.0376. The van der Waals surface area contributed by atoms with Crippen LogP contribution in [0, 0.1) is 0 Å². The molecule has 2 aromatic rings. The molecule has 0 aromatic heterocycles. The summed E-state index contributed by atoms with van der Waals surface area (Å²) in [6, 6.07) is 21.6. The minimum Gasteiger partial charge on any atom is -0.396 e. The lowest BCUT2D eigenvalue weighted by molar-refractivity contribution is -0.125. The van der Waals surface area contributed by atoms with Crippen molar-refractivity contribution in [1.82, 2.24) is 4.90 Å². The van der Waals surface area contributed by atoms with Gasteiger partial charge in [0.05, 0.1) is 19.3 Å². The van der Waals surface area contributed by atoms with Crippen LogP contribution in [0.1, 0.15) is 102 Å². The van der Waals surface area contributed by atoms with E-state index in [9.17, 15) is 5.11 Å². The molecule has 0 amide bonds. The van der Waals surface area contributed by atoms with Gasteiger partial charge in [0, 0.05) is 32.8 Å². The van der Waals surface area contributed by atoms with Crippen molar-refractivity contribution in [3.8, 4) is 0 Å². The molecule has 0 aliphatic heterocycles. The van der Waals surface area contributed by atoms with Gasteiger partial charge in [-0.1, -0.05) is 132 Å². The van der Waals surface area contributed by atoms with Gasteiger partial charge in [0.2, 0.25) is 0 Å². The number of aliphatic hydroxyl groups excluding tert-OH is 1. The van der Waals surface area contributed by atoms with Crippen molar-refractivity contribution in [2.45, 2.75) is 116 Å². The maximum atomic E-state index is 9.80. The molecule has 226 valence electrons. The van der Waals surface area contributed by atoms with E-state index in [0.717, 1.165) is 38.8 Å². The molecule has 0 radical (unpaired) electrons. The average molecular weight is 556 g/mol. The molecule has 2 atom stereocenters. The molecule has 0 heterocycles. The summed E-state index contributed by atoms with van der Waals surface area (Å²) in [5.74, 6) is 0. The van der Waals surface area contributed by atoms with Crippen LogP contribution in [0.2, 0.25) is 0 Å². The molecule has 0 saturated heterocycles. The van der Waals surface area contributed by atoms with Crippen LogP contribution in [0.25, 0.3) is 0 Å². The molecule has 0 unspecified atom stereocenters. The van der Waals surface area contributed by atoms with E-state index in [1.807, 2.05) is 0 Å². The number of hydrogen-bond acceptors (Lipinski definition) is 5. The highest BCUT2D eigenvalue weighted by molar-refractivity contribution is 5.17. The second-order valence-electron chi connectivity index (χ2n) is 11.0. The third-order valence-electron chi connectivity index (χ3n) is 7.65. The van der Waals surface area contributed by atoms with Crippen LogP contribution in [0.4, 0.5) is 0 Å². The van der Waals surface area contributed by atoms with Crippen molar-refractivity contribution < 1.29 is 19.3 Å². The first kappa shape index (κ1) is 34.4. The number of nitrogens with zero attached hydrogens (tertiary/aromatic N) is 1. The van der Waals surface area contributed by atoms with Crippen LogP contribution in [0.3, 0.4) is 0 Å². The van der Waals surface area contributed by atoms with Crippen LogP contribution in [0.15, 0.2) is 60.7 Å². The summed E-state index contributed by atoms with van der Waals surface area (Å²) < 4.78 is 17.4. The van der Waals surface area contributed by atoms with Crippen molar-refractivity contribution >= 4 is 0 Å². The maximum absolute atomic E-state index is 9.80. The second kappa shape index (κ2) is 23.9. The van der Waals surface area contributed by atoms with Gasteiger partial charge in [-0.2, -0.15) is 0 Å². The standard InChI is InChI=1S/C35H57NO4/c1-3-4-5-6-7-8-9-10-11-18-25-35(40-31-39-28-27-38-2)34(24-19-26-37)36(29-32-20-14-12-15-21-32)30-33-22-16-13-17-23-33/h12-17,20-23,34-35,37H,3-11,18-19,24-31H2,1-2H3/t34-,35+/m0/s1. The molecule has 1 N–H and O–H groups in total. The molecule has 0 aliphatic rings. The highest BCUT2D eigenvalue weighted by Crippen LogP contribution is 2.25. The van der Waals surface area contributed by atoms with Crippen LogP contribution in [-0.2, 0) is 27.3 Å². The van der Waals surface area contributed by atoms with E-state index in [1.165, 1.54) is 68.9 Å². The highest BCUT2D eigenvalue weighted by atomic mass is 16.7. The molecule has 5 nitrogen and oxygen atoms in total. The van der Waals surface area contributed by atoms with E-state index in [2.05, 4.69) is 72.5 Å². The molecule has 2 aromatic carbocycles. The predicted octanol–water partition coefficient (Wildman–Crippen LogP) is 8.15. The summed E-state index contributed by atoms with van der Waals surface area (Å²) in [6.07, 6.45) is 15.9. The van der Waals surface area contributed by atoms with Crippen molar-refractivity contribution in [2.75, 3.05) is 33.7 Å². The Bertz CT molecular complexity index is 762. The number of rotatable bonds is 26. The van der Waals surface area contributed by atoms with E-state index in [-0.39, 0.29) is 25.5 Å². The summed E-state index contributed by atoms with van der Waals surface area (Å²) in [5.41, 5.74) is 2.59. The van der Waals surface area contributed by atoms with Crippen LogP contribution in [0.5, 0.6) is 0 Å². The molecule has 40 heavy (non-hydrogen) atoms. The normalized spacial score (nSPS) is 13.1. The number of benzene rings is 2. The van der Waals surface area contributed by atoms with Gasteiger partial charge >= 0.3 is 0 Å². The molecule has 0 spiro atoms. The first-order chi connectivity index (χ1) is 19.8. The van der Waals surface area contributed by atoms with Crippen molar-refractivity contribution in [2.24, 2.45) is 0 Å². The SMILES string of the molecule is CCCCCCCCCCCC[C@@H](OCOCCOC)[C@H](CCCO)N(Cc1ccccc1)Cc1ccccc1. The fourth-order valence-electron chi connectivity index (χ4n) is 5.39. The predicted molar refractivity (Wildman–Crippen MR) is 166 cm³/mol. The summed E-state index contributed by atoms with van der Waals surface area (Å²) >= 11 is 0. The summed E-state index contributed by atoms with van der Waals surface area (Å²) in [5, 5.41) is 9.80. The molecule has 0 aliphatic carbocycles. The van der Waals surface area contributed by atoms with Gasteiger partial charge < -0.3 is 19.3 Å². The van der Waals surface area contributed by atoms with Crippen LogP contribution in [-0.4, -0.2) is 55.9 Å². The molecule has 5 heteroatoms. The number of aliphatic hydroxyl groups is 1. The molecule has 0 bridgehead atoms. The Morgan fingerprint density at radius 2 is 1.23 bits per heavy atom. The van der Waals surface area contributed by atoms with Gasteiger partial charge in [0.15, 0.2) is 0 Å². The number of unbranched alkanes of at least 4 members (excludes halogenated alkanes) is 9. The topological polar surface area (TPSA) is 51.2 Å². The first-order valence-corrected chi connectivity index (χ1v) is 15.9. The molecule has 0 fully saturated rings. The Balaban J connectivity index is 2.07. The Labute approximate surface area is 245 Å². The highest BCUT2D eigenvalue weighted by Gasteiger charge is 2.28. The van der Waals surface area contributed by atoms with Crippen molar-refractivity contribution in [1.29, 1.82) is 0 Å². The lowest BCUT2D eigenvalue weighted by Gasteiger charge is -2.37. The van der Waals surface area contributed by atoms with Crippen molar-refractivity contribution in [3.05, 3.63) is 71.8 Å². The Kier molecular flexibility index (Phi) is 20.6. The quantitative estimate of drug-likeness (QED) is 0.0938. The molecular weight excluding hydrogens is 498 g/mol. The molecular formula is C35H57NO4. The van der Waals surface area contributed by atoms with Gasteiger partial charge in [0.25, 0.3) is 0 Å². The summed E-state index contributed by atoms with van der Waals surface area (Å²) in [4.78, 5) is 2.55. The van der Waals surface area contributed by atoms with Gasteiger partial charge in [-0.25, -0.2) is 0 Å². The zero-order chi connectivity index (χ0) is 28.5. The monoisotopic (exact) mass is 555 g/mol. The smallest absolute Gasteiger partial charge is 0.147 e. The fourth-order valence-corrected chi connectivity index (χ4v) is 5.39. The maximum Gasteiger partial charge on any atom is 0.147 e. The molecule has 2 rings (SSSR count). The average Bonchev–Trinajstić information content (AvgIpc) is 2.98. The number of ether oxygens (including phenoxy) is 3. The largest absolute Gasteiger partial charge is 0.396 e. The molecule has 0 saturated carbocycles. The first-order valence-electron chi connectivity index (χ1n) is 15.9. The summed E-state index contributed by atoms with van der Waals surface area (Å²) in [7, 11) is 1.69. The van der Waals surface area contributed by atoms with E-state index in [1.54, 1.807) is 7.11 Å². The Hall–Kier alpha value is -1.76. The Morgan fingerprint density at radius 3 is 1.75 bits per heavy atom. The zero-order valence-corrected chi connectivity index (χ0v) is 25.5. The van der Waals surface area contributed by atoms with Crippen molar-refractivity contribution in [3.63, 3.8) is 0 Å². The van der Waals surface area contributed by atoms with Gasteiger partial charge in [-0.05, 0) is 30.4 Å². The number of hydrogen-bond donors (Lipinski definition) is 1. The van der Waals surface area contributed by atoms with E-state index < -0.39 is 0 Å². The van der Waals surface area contributed by atoms with Gasteiger partial charge in [-0.3, -0.25) is 4.90 Å². The van der Waals surface area contributed by atoms with Crippen LogP contribution < -0.4 is 0 Å². The third-order valence-corrected chi connectivity index (χ3v) is 7.65. The fraction of sp³-hybridized carbons (Fsp3) is 0.657. The Morgan fingerprint density at radius 1 is 0.675 bits per heavy atom. The van der Waals surface area contributed by atoms with E-state index >= 15 is 0 Å².